The first kappa shape index (κ1) is 18.3. The van der Waals surface area contributed by atoms with Crippen molar-refractivity contribution in [2.24, 2.45) is 0 Å². The van der Waals surface area contributed by atoms with Gasteiger partial charge in [-0.3, -0.25) is 0 Å². The van der Waals surface area contributed by atoms with Crippen molar-refractivity contribution in [3.05, 3.63) is 48.0 Å². The maximum absolute atomic E-state index is 12.8. The molecule has 7 nitrogen and oxygen atoms in total. The van der Waals surface area contributed by atoms with Crippen LogP contribution < -0.4 is 9.46 Å². The highest BCUT2D eigenvalue weighted by Gasteiger charge is 2.23. The Bertz CT molecular complexity index is 985. The van der Waals surface area contributed by atoms with Crippen molar-refractivity contribution in [1.82, 2.24) is 15.0 Å². The summed E-state index contributed by atoms with van der Waals surface area (Å²) in [4.78, 5) is 0.0402. The molecule has 0 aliphatic rings. The topological polar surface area (TPSA) is 94.3 Å². The van der Waals surface area contributed by atoms with Gasteiger partial charge in [-0.25, -0.2) is 17.8 Å². The molecule has 0 saturated heterocycles. The van der Waals surface area contributed by atoms with Gasteiger partial charge in [0.15, 0.2) is 5.52 Å². The van der Waals surface area contributed by atoms with Crippen LogP contribution >= 0.6 is 0 Å². The summed E-state index contributed by atoms with van der Waals surface area (Å²) in [7, 11) is -3.79. The molecule has 3 rings (SSSR count). The van der Waals surface area contributed by atoms with Crippen LogP contribution in [-0.4, -0.2) is 25.3 Å². The fraction of sp³-hybridized carbons (Fsp3) is 0.333. The number of hydrogen-bond donors (Lipinski definition) is 1. The van der Waals surface area contributed by atoms with Crippen LogP contribution in [0.5, 0.6) is 5.75 Å². The minimum atomic E-state index is -3.79. The Morgan fingerprint density at radius 1 is 1.19 bits per heavy atom. The lowest BCUT2D eigenvalue weighted by Crippen LogP contribution is -2.27. The Hall–Kier alpha value is -2.45. The largest absolute Gasteiger partial charge is 0.494 e. The van der Waals surface area contributed by atoms with E-state index in [2.05, 4.69) is 26.6 Å². The van der Waals surface area contributed by atoms with Crippen molar-refractivity contribution < 1.29 is 17.8 Å². The standard InChI is InChI=1S/C18H21N3O4S/c1-3-4-11-24-15-8-5-7-14(12-15)13(2)21-26(22,23)17-10-6-9-16-18(17)20-25-19-16/h5-10,12-13,21H,3-4,11H2,1-2H3/t13-/m0/s1. The molecule has 0 fully saturated rings. The molecule has 0 amide bonds. The zero-order chi connectivity index (χ0) is 18.6. The SMILES string of the molecule is CCCCOc1cccc([C@H](C)NS(=O)(=O)c2cccc3nonc23)c1. The molecule has 1 heterocycles. The number of nitrogens with zero attached hydrogens (tertiary/aromatic N) is 2. The monoisotopic (exact) mass is 375 g/mol. The van der Waals surface area contributed by atoms with Crippen LogP contribution in [-0.2, 0) is 10.0 Å². The number of rotatable bonds is 8. The Kier molecular flexibility index (Phi) is 5.53. The second-order valence-electron chi connectivity index (χ2n) is 6.01. The summed E-state index contributed by atoms with van der Waals surface area (Å²) in [6.45, 7) is 4.52. The molecular formula is C18H21N3O4S. The third-order valence-corrected chi connectivity index (χ3v) is 5.57. The molecule has 0 unspecified atom stereocenters. The molecule has 0 saturated carbocycles. The first-order valence-electron chi connectivity index (χ1n) is 8.47. The maximum Gasteiger partial charge on any atom is 0.243 e. The molecule has 0 spiro atoms. The minimum absolute atomic E-state index is 0.0402. The number of benzene rings is 2. The molecule has 0 bridgehead atoms. The first-order chi connectivity index (χ1) is 12.5. The minimum Gasteiger partial charge on any atom is -0.494 e. The highest BCUT2D eigenvalue weighted by atomic mass is 32.2. The van der Waals surface area contributed by atoms with Crippen molar-refractivity contribution in [3.8, 4) is 5.75 Å². The van der Waals surface area contributed by atoms with Gasteiger partial charge < -0.3 is 4.74 Å². The van der Waals surface area contributed by atoms with Crippen molar-refractivity contribution in [2.75, 3.05) is 6.61 Å². The Morgan fingerprint density at radius 2 is 2.00 bits per heavy atom. The molecule has 26 heavy (non-hydrogen) atoms. The van der Waals surface area contributed by atoms with Gasteiger partial charge in [0, 0.05) is 6.04 Å². The van der Waals surface area contributed by atoms with Gasteiger partial charge in [0.05, 0.1) is 6.61 Å². The van der Waals surface area contributed by atoms with E-state index in [1.165, 1.54) is 6.07 Å². The summed E-state index contributed by atoms with van der Waals surface area (Å²) in [5.41, 5.74) is 1.42. The zero-order valence-electron chi connectivity index (χ0n) is 14.7. The Morgan fingerprint density at radius 3 is 2.81 bits per heavy atom. The second kappa shape index (κ2) is 7.84. The molecule has 1 aromatic heterocycles. The summed E-state index contributed by atoms with van der Waals surface area (Å²) in [5, 5.41) is 7.38. The third-order valence-electron chi connectivity index (χ3n) is 4.00. The van der Waals surface area contributed by atoms with Gasteiger partial charge >= 0.3 is 0 Å². The number of sulfonamides is 1. The summed E-state index contributed by atoms with van der Waals surface area (Å²) < 4.78 is 38.6. The lowest BCUT2D eigenvalue weighted by Gasteiger charge is -2.16. The van der Waals surface area contributed by atoms with E-state index in [-0.39, 0.29) is 10.4 Å². The van der Waals surface area contributed by atoms with E-state index in [0.717, 1.165) is 24.2 Å². The van der Waals surface area contributed by atoms with Gasteiger partial charge in [0.25, 0.3) is 0 Å². The van der Waals surface area contributed by atoms with Gasteiger partial charge in [-0.1, -0.05) is 31.5 Å². The number of nitrogens with one attached hydrogen (secondary N) is 1. The van der Waals surface area contributed by atoms with Crippen molar-refractivity contribution in [2.45, 2.75) is 37.6 Å². The van der Waals surface area contributed by atoms with Crippen molar-refractivity contribution in [1.29, 1.82) is 0 Å². The van der Waals surface area contributed by atoms with Crippen LogP contribution in [0.4, 0.5) is 0 Å². The number of unbranched alkanes of at least 4 members (excludes halogenated alkanes) is 1. The lowest BCUT2D eigenvalue weighted by atomic mass is 10.1. The normalized spacial score (nSPS) is 13.0. The molecule has 0 radical (unpaired) electrons. The number of hydrogen-bond acceptors (Lipinski definition) is 6. The highest BCUT2D eigenvalue weighted by molar-refractivity contribution is 7.89. The van der Waals surface area contributed by atoms with E-state index in [1.807, 2.05) is 24.3 Å². The van der Waals surface area contributed by atoms with E-state index in [9.17, 15) is 8.42 Å². The van der Waals surface area contributed by atoms with Gasteiger partial charge in [0.2, 0.25) is 10.0 Å². The second-order valence-corrected chi connectivity index (χ2v) is 7.69. The lowest BCUT2D eigenvalue weighted by molar-refractivity contribution is 0.309. The van der Waals surface area contributed by atoms with Crippen LogP contribution in [0, 0.1) is 0 Å². The first-order valence-corrected chi connectivity index (χ1v) is 9.96. The summed E-state index contributed by atoms with van der Waals surface area (Å²) in [6, 6.07) is 11.7. The van der Waals surface area contributed by atoms with Crippen LogP contribution in [0.15, 0.2) is 52.0 Å². The van der Waals surface area contributed by atoms with E-state index in [0.29, 0.717) is 12.1 Å². The fourth-order valence-electron chi connectivity index (χ4n) is 2.57. The average molecular weight is 375 g/mol. The van der Waals surface area contributed by atoms with E-state index < -0.39 is 16.1 Å². The van der Waals surface area contributed by atoms with E-state index in [1.54, 1.807) is 19.1 Å². The van der Waals surface area contributed by atoms with Gasteiger partial charge in [0.1, 0.15) is 16.2 Å². The predicted octanol–water partition coefficient (Wildman–Crippen LogP) is 3.44. The van der Waals surface area contributed by atoms with E-state index in [4.69, 9.17) is 4.74 Å². The summed E-state index contributed by atoms with van der Waals surface area (Å²) in [5.74, 6) is 0.727. The summed E-state index contributed by atoms with van der Waals surface area (Å²) >= 11 is 0. The molecule has 138 valence electrons. The molecule has 8 heteroatoms. The fourth-order valence-corrected chi connectivity index (χ4v) is 3.95. The highest BCUT2D eigenvalue weighted by Crippen LogP contribution is 2.24. The molecule has 0 aliphatic carbocycles. The average Bonchev–Trinajstić information content (AvgIpc) is 3.10. The van der Waals surface area contributed by atoms with Gasteiger partial charge in [-0.2, -0.15) is 0 Å². The van der Waals surface area contributed by atoms with Crippen LogP contribution in [0.1, 0.15) is 38.3 Å². The molecule has 1 N–H and O–H groups in total. The maximum atomic E-state index is 12.8. The number of ether oxygens (including phenoxy) is 1. The van der Waals surface area contributed by atoms with Gasteiger partial charge in [-0.05, 0) is 53.5 Å². The number of aromatic nitrogens is 2. The molecule has 2 aromatic carbocycles. The van der Waals surface area contributed by atoms with Gasteiger partial charge in [-0.15, -0.1) is 0 Å². The number of fused-ring (bicyclic) bond motifs is 1. The quantitative estimate of drug-likeness (QED) is 0.606. The molecular weight excluding hydrogens is 354 g/mol. The Labute approximate surface area is 152 Å². The molecule has 3 aromatic rings. The zero-order valence-corrected chi connectivity index (χ0v) is 15.5. The predicted molar refractivity (Wildman–Crippen MR) is 97.4 cm³/mol. The van der Waals surface area contributed by atoms with Crippen LogP contribution in [0.2, 0.25) is 0 Å². The van der Waals surface area contributed by atoms with Crippen molar-refractivity contribution >= 4 is 21.1 Å². The smallest absolute Gasteiger partial charge is 0.243 e. The molecule has 0 aliphatic heterocycles. The van der Waals surface area contributed by atoms with Crippen LogP contribution in [0.3, 0.4) is 0 Å². The van der Waals surface area contributed by atoms with Crippen molar-refractivity contribution in [3.63, 3.8) is 0 Å². The third kappa shape index (κ3) is 4.03. The Balaban J connectivity index is 1.79. The van der Waals surface area contributed by atoms with Crippen LogP contribution in [0.25, 0.3) is 11.0 Å². The molecule has 1 atom stereocenters. The van der Waals surface area contributed by atoms with E-state index >= 15 is 0 Å². The summed E-state index contributed by atoms with van der Waals surface area (Å²) in [6.07, 6.45) is 2.03.